The van der Waals surface area contributed by atoms with E-state index in [4.69, 9.17) is 4.74 Å². The zero-order chi connectivity index (χ0) is 22.2. The number of anilines is 1. The average Bonchev–Trinajstić information content (AvgIpc) is 3.32. The van der Waals surface area contributed by atoms with Crippen LogP contribution in [0.5, 0.6) is 5.75 Å². The number of hydrogen-bond acceptors (Lipinski definition) is 6. The molecule has 1 amide bonds. The highest BCUT2D eigenvalue weighted by Crippen LogP contribution is 2.21. The van der Waals surface area contributed by atoms with E-state index in [1.54, 1.807) is 11.8 Å². The highest BCUT2D eigenvalue weighted by Gasteiger charge is 2.12. The van der Waals surface area contributed by atoms with Crippen LogP contribution in [-0.4, -0.2) is 39.0 Å². The summed E-state index contributed by atoms with van der Waals surface area (Å²) in [6.07, 6.45) is 4.09. The van der Waals surface area contributed by atoms with Crippen LogP contribution in [0.4, 0.5) is 5.69 Å². The fraction of sp³-hybridized carbons (Fsp3) is 0.0833. The van der Waals surface area contributed by atoms with Crippen LogP contribution < -0.4 is 10.1 Å². The molecule has 7 nitrogen and oxygen atoms in total. The van der Waals surface area contributed by atoms with Gasteiger partial charge in [-0.2, -0.15) is 4.68 Å². The Kier molecular flexibility index (Phi) is 6.94. The summed E-state index contributed by atoms with van der Waals surface area (Å²) < 4.78 is 6.76. The molecule has 4 aromatic rings. The van der Waals surface area contributed by atoms with Crippen molar-refractivity contribution in [2.75, 3.05) is 18.2 Å². The van der Waals surface area contributed by atoms with E-state index in [2.05, 4.69) is 26.9 Å². The summed E-state index contributed by atoms with van der Waals surface area (Å²) in [5, 5.41) is 15.2. The van der Waals surface area contributed by atoms with Gasteiger partial charge in [-0.15, -0.1) is 5.10 Å². The molecule has 0 unspecified atom stereocenters. The molecule has 0 bridgehead atoms. The van der Waals surface area contributed by atoms with E-state index in [1.807, 2.05) is 84.9 Å². The smallest absolute Gasteiger partial charge is 0.234 e. The van der Waals surface area contributed by atoms with Crippen molar-refractivity contribution in [1.82, 2.24) is 20.2 Å². The van der Waals surface area contributed by atoms with E-state index in [9.17, 15) is 4.79 Å². The van der Waals surface area contributed by atoms with Crippen molar-refractivity contribution in [3.05, 3.63) is 90.0 Å². The summed E-state index contributed by atoms with van der Waals surface area (Å²) in [6, 6.07) is 25.2. The quantitative estimate of drug-likeness (QED) is 0.317. The Hall–Kier alpha value is -3.91. The summed E-state index contributed by atoms with van der Waals surface area (Å²) in [6.45, 7) is 0. The zero-order valence-corrected chi connectivity index (χ0v) is 18.2. The van der Waals surface area contributed by atoms with Crippen LogP contribution >= 0.6 is 11.8 Å². The van der Waals surface area contributed by atoms with Gasteiger partial charge in [0.15, 0.2) is 0 Å². The van der Waals surface area contributed by atoms with Gasteiger partial charge in [-0.1, -0.05) is 66.4 Å². The third kappa shape index (κ3) is 5.61. The molecule has 1 heterocycles. The third-order valence-corrected chi connectivity index (χ3v) is 5.47. The lowest BCUT2D eigenvalue weighted by atomic mass is 10.1. The standard InChI is InChI=1S/C24H21N5O2S/c1-31-22-15-13-21(14-16-22)29-24(26-27-28-29)32-17-23(30)25-20-11-9-19(10-12-20)8-7-18-5-3-2-4-6-18/h2-16H,17H2,1H3,(H,25,30)/b8-7+. The van der Waals surface area contributed by atoms with Gasteiger partial charge in [0.2, 0.25) is 11.1 Å². The van der Waals surface area contributed by atoms with E-state index < -0.39 is 0 Å². The maximum Gasteiger partial charge on any atom is 0.234 e. The molecule has 0 aliphatic heterocycles. The number of ether oxygens (including phenoxy) is 1. The number of thioether (sulfide) groups is 1. The first-order valence-electron chi connectivity index (χ1n) is 9.90. The fourth-order valence-corrected chi connectivity index (χ4v) is 3.61. The van der Waals surface area contributed by atoms with E-state index in [1.165, 1.54) is 11.8 Å². The van der Waals surface area contributed by atoms with Crippen LogP contribution in [0.2, 0.25) is 0 Å². The number of rotatable bonds is 8. The molecular weight excluding hydrogens is 422 g/mol. The van der Waals surface area contributed by atoms with Gasteiger partial charge in [0.25, 0.3) is 0 Å². The molecule has 0 radical (unpaired) electrons. The summed E-state index contributed by atoms with van der Waals surface area (Å²) in [4.78, 5) is 12.4. The molecular formula is C24H21N5O2S. The number of tetrazole rings is 1. The maximum atomic E-state index is 12.4. The number of methoxy groups -OCH3 is 1. The molecule has 1 N–H and O–H groups in total. The number of carbonyl (C=O) groups excluding carboxylic acids is 1. The first-order chi connectivity index (χ1) is 15.7. The van der Waals surface area contributed by atoms with Crippen LogP contribution in [0, 0.1) is 0 Å². The molecule has 160 valence electrons. The zero-order valence-electron chi connectivity index (χ0n) is 17.4. The Labute approximate surface area is 190 Å². The molecule has 8 heteroatoms. The molecule has 0 saturated carbocycles. The van der Waals surface area contributed by atoms with Crippen molar-refractivity contribution >= 4 is 35.5 Å². The van der Waals surface area contributed by atoms with Crippen molar-refractivity contribution in [3.63, 3.8) is 0 Å². The minimum absolute atomic E-state index is 0.133. The van der Waals surface area contributed by atoms with Crippen molar-refractivity contribution in [3.8, 4) is 11.4 Å². The lowest BCUT2D eigenvalue weighted by Crippen LogP contribution is -2.14. The molecule has 3 aromatic carbocycles. The predicted molar refractivity (Wildman–Crippen MR) is 127 cm³/mol. The lowest BCUT2D eigenvalue weighted by molar-refractivity contribution is -0.113. The number of aromatic nitrogens is 4. The molecule has 32 heavy (non-hydrogen) atoms. The van der Waals surface area contributed by atoms with E-state index >= 15 is 0 Å². The molecule has 4 rings (SSSR count). The van der Waals surface area contributed by atoms with Crippen LogP contribution in [0.3, 0.4) is 0 Å². The fourth-order valence-electron chi connectivity index (χ4n) is 2.92. The van der Waals surface area contributed by atoms with Gasteiger partial charge in [0.1, 0.15) is 5.75 Å². The SMILES string of the molecule is COc1ccc(-n2nnnc2SCC(=O)Nc2ccc(/C=C/c3ccccc3)cc2)cc1. The average molecular weight is 444 g/mol. The highest BCUT2D eigenvalue weighted by molar-refractivity contribution is 7.99. The number of benzene rings is 3. The van der Waals surface area contributed by atoms with Gasteiger partial charge in [0.05, 0.1) is 18.6 Å². The van der Waals surface area contributed by atoms with Crippen molar-refractivity contribution in [1.29, 1.82) is 0 Å². The third-order valence-electron chi connectivity index (χ3n) is 4.55. The lowest BCUT2D eigenvalue weighted by Gasteiger charge is -2.07. The molecule has 0 aliphatic carbocycles. The largest absolute Gasteiger partial charge is 0.497 e. The van der Waals surface area contributed by atoms with Crippen molar-refractivity contribution in [2.24, 2.45) is 0 Å². The summed E-state index contributed by atoms with van der Waals surface area (Å²) in [5.41, 5.74) is 3.72. The monoisotopic (exact) mass is 443 g/mol. The van der Waals surface area contributed by atoms with Crippen LogP contribution in [-0.2, 0) is 4.79 Å². The predicted octanol–water partition coefficient (Wildman–Crippen LogP) is 4.57. The van der Waals surface area contributed by atoms with Crippen molar-refractivity contribution in [2.45, 2.75) is 5.16 Å². The summed E-state index contributed by atoms with van der Waals surface area (Å²) in [5.74, 6) is 0.801. The van der Waals surface area contributed by atoms with Gasteiger partial charge < -0.3 is 10.1 Å². The minimum atomic E-state index is -0.133. The number of amides is 1. The molecule has 0 atom stereocenters. The normalized spacial score (nSPS) is 10.9. The van der Waals surface area contributed by atoms with Gasteiger partial charge in [-0.05, 0) is 58.0 Å². The minimum Gasteiger partial charge on any atom is -0.497 e. The van der Waals surface area contributed by atoms with Gasteiger partial charge in [-0.25, -0.2) is 0 Å². The Bertz CT molecular complexity index is 1190. The van der Waals surface area contributed by atoms with Gasteiger partial charge in [-0.3, -0.25) is 4.79 Å². The van der Waals surface area contributed by atoms with E-state index in [0.717, 1.165) is 28.3 Å². The molecule has 0 fully saturated rings. The second-order valence-corrected chi connectivity index (χ2v) is 7.72. The topological polar surface area (TPSA) is 81.9 Å². The maximum absolute atomic E-state index is 12.4. The second kappa shape index (κ2) is 10.4. The highest BCUT2D eigenvalue weighted by atomic mass is 32.2. The van der Waals surface area contributed by atoms with Crippen LogP contribution in [0.1, 0.15) is 11.1 Å². The van der Waals surface area contributed by atoms with Crippen LogP contribution in [0.25, 0.3) is 17.8 Å². The molecule has 0 spiro atoms. The molecule has 1 aromatic heterocycles. The Morgan fingerprint density at radius 2 is 1.66 bits per heavy atom. The number of carbonyl (C=O) groups is 1. The first-order valence-corrected chi connectivity index (χ1v) is 10.9. The van der Waals surface area contributed by atoms with E-state index in [0.29, 0.717) is 5.16 Å². The second-order valence-electron chi connectivity index (χ2n) is 6.77. The van der Waals surface area contributed by atoms with E-state index in [-0.39, 0.29) is 11.7 Å². The van der Waals surface area contributed by atoms with Crippen LogP contribution in [0.15, 0.2) is 84.0 Å². The Morgan fingerprint density at radius 3 is 2.34 bits per heavy atom. The first kappa shape index (κ1) is 21.3. The number of hydrogen-bond donors (Lipinski definition) is 1. The van der Waals surface area contributed by atoms with Gasteiger partial charge in [0, 0.05) is 5.69 Å². The Balaban J connectivity index is 1.32. The Morgan fingerprint density at radius 1 is 0.969 bits per heavy atom. The van der Waals surface area contributed by atoms with Gasteiger partial charge >= 0.3 is 0 Å². The summed E-state index contributed by atoms with van der Waals surface area (Å²) in [7, 11) is 1.61. The van der Waals surface area contributed by atoms with Crippen molar-refractivity contribution < 1.29 is 9.53 Å². The molecule has 0 aliphatic rings. The number of nitrogens with zero attached hydrogens (tertiary/aromatic N) is 4. The molecule has 0 saturated heterocycles. The summed E-state index contributed by atoms with van der Waals surface area (Å²) >= 11 is 1.27. The number of nitrogens with one attached hydrogen (secondary N) is 1.